The molecule has 1 amide bonds. The number of carbonyl (C=O) groups is 1. The van der Waals surface area contributed by atoms with Crippen molar-refractivity contribution < 1.29 is 9.53 Å². The highest BCUT2D eigenvalue weighted by Gasteiger charge is 2.10. The highest BCUT2D eigenvalue weighted by molar-refractivity contribution is 9.10. The smallest absolute Gasteiger partial charge is 0.234 e. The van der Waals surface area contributed by atoms with E-state index in [1.165, 1.54) is 0 Å². The summed E-state index contributed by atoms with van der Waals surface area (Å²) in [4.78, 5) is 13.4. The molecular weight excluding hydrogens is 308 g/mol. The topological polar surface area (TPSA) is 41.6 Å². The maximum atomic E-state index is 11.5. The molecular formula is C14H17BrN2O2. The van der Waals surface area contributed by atoms with Crippen molar-refractivity contribution in [3.05, 3.63) is 28.2 Å². The molecule has 1 N–H and O–H groups in total. The summed E-state index contributed by atoms with van der Waals surface area (Å²) in [5.41, 5.74) is 1.02. The van der Waals surface area contributed by atoms with Gasteiger partial charge in [-0.2, -0.15) is 0 Å². The Kier molecular flexibility index (Phi) is 6.40. The zero-order valence-corrected chi connectivity index (χ0v) is 12.7. The van der Waals surface area contributed by atoms with E-state index in [2.05, 4.69) is 27.2 Å². The molecule has 0 radical (unpaired) electrons. The quantitative estimate of drug-likeness (QED) is 0.809. The molecule has 102 valence electrons. The lowest BCUT2D eigenvalue weighted by molar-refractivity contribution is -0.121. The van der Waals surface area contributed by atoms with Crippen LogP contribution in [0.15, 0.2) is 22.7 Å². The fourth-order valence-corrected chi connectivity index (χ4v) is 2.08. The third-order valence-corrected chi connectivity index (χ3v) is 2.98. The Morgan fingerprint density at radius 2 is 2.32 bits per heavy atom. The van der Waals surface area contributed by atoms with E-state index < -0.39 is 0 Å². The number of carbonyl (C=O) groups excluding carboxylic acids is 1. The second-order valence-electron chi connectivity index (χ2n) is 4.11. The van der Waals surface area contributed by atoms with Gasteiger partial charge in [-0.3, -0.25) is 9.69 Å². The van der Waals surface area contributed by atoms with E-state index in [9.17, 15) is 4.79 Å². The van der Waals surface area contributed by atoms with E-state index in [1.807, 2.05) is 30.1 Å². The Balaban J connectivity index is 2.61. The average molecular weight is 325 g/mol. The van der Waals surface area contributed by atoms with E-state index >= 15 is 0 Å². The predicted octanol–water partition coefficient (Wildman–Crippen LogP) is 1.64. The summed E-state index contributed by atoms with van der Waals surface area (Å²) in [6, 6.07) is 5.79. The van der Waals surface area contributed by atoms with Crippen LogP contribution < -0.4 is 10.1 Å². The third kappa shape index (κ3) is 5.33. The molecule has 1 aromatic carbocycles. The molecule has 0 aliphatic rings. The van der Waals surface area contributed by atoms with Crippen LogP contribution in [0.2, 0.25) is 0 Å². The predicted molar refractivity (Wildman–Crippen MR) is 78.9 cm³/mol. The van der Waals surface area contributed by atoms with Crippen LogP contribution in [0.3, 0.4) is 0 Å². The van der Waals surface area contributed by atoms with Gasteiger partial charge in [0.1, 0.15) is 5.75 Å². The molecule has 0 bridgehead atoms. The van der Waals surface area contributed by atoms with Gasteiger partial charge in [0.05, 0.1) is 20.2 Å². The molecule has 0 saturated carbocycles. The highest BCUT2D eigenvalue weighted by atomic mass is 79.9. The lowest BCUT2D eigenvalue weighted by Gasteiger charge is -2.18. The summed E-state index contributed by atoms with van der Waals surface area (Å²) in [7, 11) is 3.50. The van der Waals surface area contributed by atoms with E-state index in [0.717, 1.165) is 15.8 Å². The fraction of sp³-hybridized carbons (Fsp3) is 0.357. The van der Waals surface area contributed by atoms with Gasteiger partial charge < -0.3 is 10.1 Å². The number of rotatable bonds is 6. The Hall–Kier alpha value is -1.51. The van der Waals surface area contributed by atoms with Crippen LogP contribution in [-0.2, 0) is 11.3 Å². The Labute approximate surface area is 122 Å². The Morgan fingerprint density at radius 1 is 1.58 bits per heavy atom. The molecule has 1 rings (SSSR count). The molecule has 0 atom stereocenters. The maximum Gasteiger partial charge on any atom is 0.234 e. The molecule has 0 aliphatic heterocycles. The standard InChI is InChI=1S/C14H17BrN2O2/c1-4-7-16-14(18)10-17(2)9-11-8-12(15)5-6-13(11)19-3/h1,5-6,8H,7,9-10H2,2-3H3,(H,16,18). The molecule has 0 aromatic heterocycles. The summed E-state index contributed by atoms with van der Waals surface area (Å²) < 4.78 is 6.28. The summed E-state index contributed by atoms with van der Waals surface area (Å²) in [6.45, 7) is 1.16. The van der Waals surface area contributed by atoms with Gasteiger partial charge in [-0.1, -0.05) is 21.9 Å². The van der Waals surface area contributed by atoms with Gasteiger partial charge in [-0.05, 0) is 25.2 Å². The van der Waals surface area contributed by atoms with Crippen LogP contribution in [0.25, 0.3) is 0 Å². The number of likely N-dealkylation sites (N-methyl/N-ethyl adjacent to an activating group) is 1. The third-order valence-electron chi connectivity index (χ3n) is 2.48. The van der Waals surface area contributed by atoms with Crippen LogP contribution in [0.1, 0.15) is 5.56 Å². The number of terminal acetylenes is 1. The first-order valence-corrected chi connectivity index (χ1v) is 6.57. The summed E-state index contributed by atoms with van der Waals surface area (Å²) in [5.74, 6) is 3.09. The number of amides is 1. The van der Waals surface area contributed by atoms with Crippen molar-refractivity contribution in [1.29, 1.82) is 0 Å². The normalized spacial score (nSPS) is 10.1. The van der Waals surface area contributed by atoms with Crippen molar-refractivity contribution in [1.82, 2.24) is 10.2 Å². The van der Waals surface area contributed by atoms with E-state index in [1.54, 1.807) is 7.11 Å². The van der Waals surface area contributed by atoms with E-state index in [4.69, 9.17) is 11.2 Å². The van der Waals surface area contributed by atoms with Gasteiger partial charge in [0.2, 0.25) is 5.91 Å². The minimum absolute atomic E-state index is 0.0885. The zero-order valence-electron chi connectivity index (χ0n) is 11.1. The minimum atomic E-state index is -0.0885. The van der Waals surface area contributed by atoms with Gasteiger partial charge in [0, 0.05) is 16.6 Å². The molecule has 0 fully saturated rings. The first kappa shape index (κ1) is 15.5. The summed E-state index contributed by atoms with van der Waals surface area (Å²) in [5, 5.41) is 2.63. The van der Waals surface area contributed by atoms with Crippen LogP contribution in [0.5, 0.6) is 5.75 Å². The Bertz CT molecular complexity index is 483. The first-order chi connectivity index (χ1) is 9.06. The average Bonchev–Trinajstić information content (AvgIpc) is 2.36. The molecule has 1 aromatic rings. The lowest BCUT2D eigenvalue weighted by atomic mass is 10.2. The number of nitrogens with one attached hydrogen (secondary N) is 1. The monoisotopic (exact) mass is 324 g/mol. The molecule has 0 saturated heterocycles. The maximum absolute atomic E-state index is 11.5. The largest absolute Gasteiger partial charge is 0.496 e. The molecule has 0 heterocycles. The second kappa shape index (κ2) is 7.82. The molecule has 0 unspecified atom stereocenters. The van der Waals surface area contributed by atoms with Gasteiger partial charge in [0.25, 0.3) is 0 Å². The molecule has 5 heteroatoms. The number of methoxy groups -OCH3 is 1. The number of hydrogen-bond donors (Lipinski definition) is 1. The van der Waals surface area contributed by atoms with Crippen molar-refractivity contribution in [2.45, 2.75) is 6.54 Å². The van der Waals surface area contributed by atoms with Crippen molar-refractivity contribution in [2.24, 2.45) is 0 Å². The lowest BCUT2D eigenvalue weighted by Crippen LogP contribution is -2.35. The minimum Gasteiger partial charge on any atom is -0.496 e. The second-order valence-corrected chi connectivity index (χ2v) is 5.02. The van der Waals surface area contributed by atoms with Crippen molar-refractivity contribution in [2.75, 3.05) is 27.2 Å². The molecule has 19 heavy (non-hydrogen) atoms. The molecule has 0 spiro atoms. The number of benzene rings is 1. The van der Waals surface area contributed by atoms with Gasteiger partial charge in [0.15, 0.2) is 0 Å². The van der Waals surface area contributed by atoms with Crippen molar-refractivity contribution >= 4 is 21.8 Å². The SMILES string of the molecule is C#CCNC(=O)CN(C)Cc1cc(Br)ccc1OC. The highest BCUT2D eigenvalue weighted by Crippen LogP contribution is 2.23. The van der Waals surface area contributed by atoms with Gasteiger partial charge in [-0.25, -0.2) is 0 Å². The number of halogens is 1. The zero-order chi connectivity index (χ0) is 14.3. The number of nitrogens with zero attached hydrogens (tertiary/aromatic N) is 1. The molecule has 4 nitrogen and oxygen atoms in total. The summed E-state index contributed by atoms with van der Waals surface area (Å²) in [6.07, 6.45) is 5.09. The Morgan fingerprint density at radius 3 is 2.95 bits per heavy atom. The number of ether oxygens (including phenoxy) is 1. The van der Waals surface area contributed by atoms with Crippen LogP contribution in [0.4, 0.5) is 0 Å². The van der Waals surface area contributed by atoms with E-state index in [0.29, 0.717) is 6.54 Å². The first-order valence-electron chi connectivity index (χ1n) is 5.78. The van der Waals surface area contributed by atoms with Crippen molar-refractivity contribution in [3.8, 4) is 18.1 Å². The van der Waals surface area contributed by atoms with E-state index in [-0.39, 0.29) is 19.0 Å². The summed E-state index contributed by atoms with van der Waals surface area (Å²) >= 11 is 3.42. The fourth-order valence-electron chi connectivity index (χ4n) is 1.67. The van der Waals surface area contributed by atoms with Crippen LogP contribution in [-0.4, -0.2) is 38.1 Å². The van der Waals surface area contributed by atoms with Crippen molar-refractivity contribution in [3.63, 3.8) is 0 Å². The van der Waals surface area contributed by atoms with Crippen LogP contribution >= 0.6 is 15.9 Å². The molecule has 0 aliphatic carbocycles. The van der Waals surface area contributed by atoms with Crippen LogP contribution in [0, 0.1) is 12.3 Å². The van der Waals surface area contributed by atoms with Gasteiger partial charge in [-0.15, -0.1) is 6.42 Å². The number of hydrogen-bond acceptors (Lipinski definition) is 3. The van der Waals surface area contributed by atoms with Gasteiger partial charge >= 0.3 is 0 Å².